The van der Waals surface area contributed by atoms with Gasteiger partial charge in [-0.05, 0) is 33.2 Å². The van der Waals surface area contributed by atoms with Crippen molar-refractivity contribution < 1.29 is 14.7 Å². The van der Waals surface area contributed by atoms with Crippen LogP contribution in [0.25, 0.3) is 0 Å². The number of amides is 1. The van der Waals surface area contributed by atoms with E-state index in [0.717, 1.165) is 19.4 Å². The van der Waals surface area contributed by atoms with E-state index in [1.807, 2.05) is 13.8 Å². The minimum Gasteiger partial charge on any atom is -0.481 e. The van der Waals surface area contributed by atoms with Crippen molar-refractivity contribution in [2.45, 2.75) is 33.1 Å². The largest absolute Gasteiger partial charge is 0.481 e. The fraction of sp³-hybridized carbons (Fsp3) is 0.833. The first-order chi connectivity index (χ1) is 7.99. The van der Waals surface area contributed by atoms with Gasteiger partial charge in [-0.15, -0.1) is 0 Å². The lowest BCUT2D eigenvalue weighted by Crippen LogP contribution is -2.50. The van der Waals surface area contributed by atoms with Gasteiger partial charge in [0, 0.05) is 19.6 Å². The molecule has 5 heteroatoms. The molecule has 0 aromatic heterocycles. The van der Waals surface area contributed by atoms with Crippen molar-refractivity contribution in [3.05, 3.63) is 0 Å². The van der Waals surface area contributed by atoms with Crippen LogP contribution in [0.2, 0.25) is 0 Å². The Bertz CT molecular complexity index is 285. The molecule has 98 valence electrons. The number of nitrogens with zero attached hydrogens (tertiary/aromatic N) is 1. The summed E-state index contributed by atoms with van der Waals surface area (Å²) >= 11 is 0. The molecule has 0 saturated carbocycles. The van der Waals surface area contributed by atoms with E-state index in [4.69, 9.17) is 5.11 Å². The zero-order chi connectivity index (χ0) is 12.9. The maximum absolute atomic E-state index is 12.4. The van der Waals surface area contributed by atoms with Crippen LogP contribution in [-0.4, -0.2) is 48.1 Å². The van der Waals surface area contributed by atoms with E-state index in [1.54, 1.807) is 4.90 Å². The van der Waals surface area contributed by atoms with Crippen LogP contribution in [0.4, 0.5) is 0 Å². The molecule has 1 unspecified atom stereocenters. The Morgan fingerprint density at radius 1 is 1.47 bits per heavy atom. The number of rotatable bonds is 5. The van der Waals surface area contributed by atoms with Gasteiger partial charge in [-0.25, -0.2) is 0 Å². The summed E-state index contributed by atoms with van der Waals surface area (Å²) in [6.07, 6.45) is 1.89. The highest BCUT2D eigenvalue weighted by atomic mass is 16.4. The first kappa shape index (κ1) is 14.0. The number of carboxylic acid groups (broad SMARTS) is 1. The molecule has 1 atom stereocenters. The quantitative estimate of drug-likeness (QED) is 0.744. The molecular formula is C12H22N2O3. The summed E-state index contributed by atoms with van der Waals surface area (Å²) in [4.78, 5) is 24.6. The van der Waals surface area contributed by atoms with E-state index < -0.39 is 5.97 Å². The van der Waals surface area contributed by atoms with Crippen molar-refractivity contribution in [2.24, 2.45) is 5.41 Å². The number of piperidine rings is 1. The van der Waals surface area contributed by atoms with Crippen molar-refractivity contribution >= 4 is 11.9 Å². The Balaban J connectivity index is 2.60. The second-order valence-electron chi connectivity index (χ2n) is 4.87. The highest BCUT2D eigenvalue weighted by molar-refractivity contribution is 5.83. The van der Waals surface area contributed by atoms with Crippen LogP contribution in [0.3, 0.4) is 0 Å². The number of carboxylic acids is 1. The molecule has 2 N–H and O–H groups in total. The van der Waals surface area contributed by atoms with E-state index in [2.05, 4.69) is 5.32 Å². The van der Waals surface area contributed by atoms with E-state index in [1.165, 1.54) is 0 Å². The molecule has 0 spiro atoms. The lowest BCUT2D eigenvalue weighted by Gasteiger charge is -2.37. The second-order valence-corrected chi connectivity index (χ2v) is 4.87. The Labute approximate surface area is 102 Å². The fourth-order valence-corrected chi connectivity index (χ4v) is 2.25. The van der Waals surface area contributed by atoms with Gasteiger partial charge in [0.15, 0.2) is 0 Å². The van der Waals surface area contributed by atoms with Crippen LogP contribution < -0.4 is 5.32 Å². The monoisotopic (exact) mass is 242 g/mol. The van der Waals surface area contributed by atoms with E-state index in [0.29, 0.717) is 19.6 Å². The molecule has 1 amide bonds. The van der Waals surface area contributed by atoms with Crippen LogP contribution in [-0.2, 0) is 9.59 Å². The summed E-state index contributed by atoms with van der Waals surface area (Å²) < 4.78 is 0. The Morgan fingerprint density at radius 2 is 2.18 bits per heavy atom. The molecule has 0 aromatic carbocycles. The van der Waals surface area contributed by atoms with Gasteiger partial charge in [0.25, 0.3) is 0 Å². The molecule has 1 heterocycles. The Morgan fingerprint density at radius 3 is 2.65 bits per heavy atom. The summed E-state index contributed by atoms with van der Waals surface area (Å²) in [5, 5.41) is 11.9. The highest BCUT2D eigenvalue weighted by Crippen LogP contribution is 2.27. The summed E-state index contributed by atoms with van der Waals surface area (Å²) in [7, 11) is 0. The van der Waals surface area contributed by atoms with Crippen LogP contribution >= 0.6 is 0 Å². The average molecular weight is 242 g/mol. The maximum atomic E-state index is 12.4. The number of hydrogen-bond acceptors (Lipinski definition) is 3. The van der Waals surface area contributed by atoms with Crippen LogP contribution in [0.1, 0.15) is 33.1 Å². The summed E-state index contributed by atoms with van der Waals surface area (Å²) in [6, 6.07) is 0. The number of hydrogen-bond donors (Lipinski definition) is 2. The first-order valence-electron chi connectivity index (χ1n) is 6.21. The lowest BCUT2D eigenvalue weighted by atomic mass is 9.81. The van der Waals surface area contributed by atoms with Gasteiger partial charge >= 0.3 is 5.97 Å². The van der Waals surface area contributed by atoms with Gasteiger partial charge in [-0.2, -0.15) is 0 Å². The molecule has 0 bridgehead atoms. The molecule has 0 aromatic rings. The van der Waals surface area contributed by atoms with Gasteiger partial charge in [-0.1, -0.05) is 0 Å². The van der Waals surface area contributed by atoms with Crippen molar-refractivity contribution in [1.82, 2.24) is 10.2 Å². The van der Waals surface area contributed by atoms with Gasteiger partial charge in [-0.3, -0.25) is 9.59 Å². The molecule has 1 saturated heterocycles. The summed E-state index contributed by atoms with van der Waals surface area (Å²) in [5.41, 5.74) is -0.368. The normalized spacial score (nSPS) is 24.4. The number of carbonyl (C=O) groups excluding carboxylic acids is 1. The second kappa shape index (κ2) is 6.00. The lowest BCUT2D eigenvalue weighted by molar-refractivity contribution is -0.143. The molecule has 5 nitrogen and oxygen atoms in total. The number of aliphatic carboxylic acids is 1. The van der Waals surface area contributed by atoms with Crippen LogP contribution in [0.5, 0.6) is 0 Å². The Hall–Kier alpha value is -1.10. The molecule has 1 aliphatic rings. The van der Waals surface area contributed by atoms with Crippen molar-refractivity contribution in [2.75, 3.05) is 26.2 Å². The third-order valence-corrected chi connectivity index (χ3v) is 3.38. The first-order valence-corrected chi connectivity index (χ1v) is 6.21. The topological polar surface area (TPSA) is 69.6 Å². The predicted octanol–water partition coefficient (Wildman–Crippen LogP) is 0.699. The Kier molecular flexibility index (Phi) is 4.93. The zero-order valence-corrected chi connectivity index (χ0v) is 10.7. The van der Waals surface area contributed by atoms with Gasteiger partial charge in [0.05, 0.1) is 11.8 Å². The SMILES string of the molecule is CCN(CCC(=O)O)C(=O)C1(C)CCCNC1. The summed E-state index contributed by atoms with van der Waals surface area (Å²) in [5.74, 6) is -0.781. The maximum Gasteiger partial charge on any atom is 0.305 e. The minimum atomic E-state index is -0.858. The number of carbonyl (C=O) groups is 2. The molecular weight excluding hydrogens is 220 g/mol. The van der Waals surface area contributed by atoms with Crippen LogP contribution in [0.15, 0.2) is 0 Å². The minimum absolute atomic E-state index is 0.0170. The van der Waals surface area contributed by atoms with Crippen molar-refractivity contribution in [3.63, 3.8) is 0 Å². The van der Waals surface area contributed by atoms with E-state index in [-0.39, 0.29) is 17.7 Å². The third kappa shape index (κ3) is 3.70. The highest BCUT2D eigenvalue weighted by Gasteiger charge is 2.37. The molecule has 1 aliphatic heterocycles. The smallest absolute Gasteiger partial charge is 0.305 e. The molecule has 17 heavy (non-hydrogen) atoms. The van der Waals surface area contributed by atoms with Gasteiger partial charge < -0.3 is 15.3 Å². The number of nitrogens with one attached hydrogen (secondary N) is 1. The van der Waals surface area contributed by atoms with Crippen molar-refractivity contribution in [3.8, 4) is 0 Å². The molecule has 1 rings (SSSR count). The zero-order valence-electron chi connectivity index (χ0n) is 10.7. The van der Waals surface area contributed by atoms with Crippen LogP contribution in [0, 0.1) is 5.41 Å². The molecule has 0 radical (unpaired) electrons. The van der Waals surface area contributed by atoms with Gasteiger partial charge in [0.1, 0.15) is 0 Å². The molecule has 1 fully saturated rings. The van der Waals surface area contributed by atoms with Gasteiger partial charge in [0.2, 0.25) is 5.91 Å². The molecule has 0 aliphatic carbocycles. The third-order valence-electron chi connectivity index (χ3n) is 3.38. The average Bonchev–Trinajstić information content (AvgIpc) is 2.30. The summed E-state index contributed by atoms with van der Waals surface area (Å²) in [6.45, 7) is 6.38. The standard InChI is InChI=1S/C12H22N2O3/c1-3-14(8-5-10(15)16)11(17)12(2)6-4-7-13-9-12/h13H,3-9H2,1-2H3,(H,15,16). The van der Waals surface area contributed by atoms with E-state index >= 15 is 0 Å². The fourth-order valence-electron chi connectivity index (χ4n) is 2.25. The van der Waals surface area contributed by atoms with E-state index in [9.17, 15) is 9.59 Å². The predicted molar refractivity (Wildman–Crippen MR) is 64.7 cm³/mol. The van der Waals surface area contributed by atoms with Crippen molar-refractivity contribution in [1.29, 1.82) is 0 Å².